The Morgan fingerprint density at radius 1 is 0.935 bits per heavy atom. The molecule has 0 aliphatic carbocycles. The maximum absolute atomic E-state index is 13.7. The highest BCUT2D eigenvalue weighted by Gasteiger charge is 2.21. The van der Waals surface area contributed by atoms with Crippen LogP contribution < -0.4 is 0 Å². The SMILES string of the molecule is CCCCCc1c(C=Cc2ccccc2)nc(C(C)C)c(CO)c1-c1ccc(F)cc1. The predicted molar refractivity (Wildman–Crippen MR) is 128 cm³/mol. The van der Waals surface area contributed by atoms with Gasteiger partial charge in [-0.3, -0.25) is 4.98 Å². The highest BCUT2D eigenvalue weighted by Crippen LogP contribution is 2.36. The number of halogens is 1. The number of rotatable bonds is 9. The van der Waals surface area contributed by atoms with Crippen LogP contribution in [0.5, 0.6) is 0 Å². The summed E-state index contributed by atoms with van der Waals surface area (Å²) in [5.41, 5.74) is 6.85. The van der Waals surface area contributed by atoms with Crippen LogP contribution in [-0.4, -0.2) is 10.1 Å². The first kappa shape index (κ1) is 22.9. The topological polar surface area (TPSA) is 33.1 Å². The zero-order chi connectivity index (χ0) is 22.2. The largest absolute Gasteiger partial charge is 0.392 e. The molecule has 0 fully saturated rings. The Labute approximate surface area is 185 Å². The summed E-state index contributed by atoms with van der Waals surface area (Å²) >= 11 is 0. The number of benzene rings is 2. The van der Waals surface area contributed by atoms with E-state index in [0.717, 1.165) is 64.9 Å². The van der Waals surface area contributed by atoms with Crippen molar-refractivity contribution >= 4 is 12.2 Å². The van der Waals surface area contributed by atoms with Gasteiger partial charge in [0.2, 0.25) is 0 Å². The van der Waals surface area contributed by atoms with Gasteiger partial charge in [-0.15, -0.1) is 0 Å². The molecule has 2 aromatic carbocycles. The first-order valence-electron chi connectivity index (χ1n) is 11.2. The Morgan fingerprint density at radius 3 is 2.26 bits per heavy atom. The van der Waals surface area contributed by atoms with Crippen LogP contribution in [0.15, 0.2) is 54.6 Å². The molecule has 0 bridgehead atoms. The fourth-order valence-electron chi connectivity index (χ4n) is 3.99. The summed E-state index contributed by atoms with van der Waals surface area (Å²) < 4.78 is 13.7. The van der Waals surface area contributed by atoms with E-state index in [-0.39, 0.29) is 18.3 Å². The van der Waals surface area contributed by atoms with Gasteiger partial charge in [-0.2, -0.15) is 0 Å². The molecule has 0 aliphatic rings. The van der Waals surface area contributed by atoms with E-state index >= 15 is 0 Å². The van der Waals surface area contributed by atoms with Gasteiger partial charge in [-0.1, -0.05) is 82.2 Å². The molecule has 162 valence electrons. The van der Waals surface area contributed by atoms with Crippen LogP contribution in [-0.2, 0) is 13.0 Å². The van der Waals surface area contributed by atoms with Gasteiger partial charge < -0.3 is 5.11 Å². The summed E-state index contributed by atoms with van der Waals surface area (Å²) in [4.78, 5) is 5.02. The molecule has 3 heteroatoms. The minimum atomic E-state index is -0.260. The minimum absolute atomic E-state index is 0.0866. The highest BCUT2D eigenvalue weighted by atomic mass is 19.1. The average Bonchev–Trinajstić information content (AvgIpc) is 2.78. The molecule has 3 rings (SSSR count). The van der Waals surface area contributed by atoms with Crippen molar-refractivity contribution in [3.05, 3.63) is 88.5 Å². The fraction of sp³-hybridized carbons (Fsp3) is 0.321. The van der Waals surface area contributed by atoms with Crippen LogP contribution in [0.2, 0.25) is 0 Å². The van der Waals surface area contributed by atoms with Gasteiger partial charge in [0, 0.05) is 11.3 Å². The fourth-order valence-corrected chi connectivity index (χ4v) is 3.99. The smallest absolute Gasteiger partial charge is 0.123 e. The van der Waals surface area contributed by atoms with E-state index in [9.17, 15) is 9.50 Å². The number of hydrogen-bond acceptors (Lipinski definition) is 2. The Kier molecular flexibility index (Phi) is 8.13. The molecule has 0 saturated carbocycles. The molecule has 0 saturated heterocycles. The average molecular weight is 418 g/mol. The second-order valence-electron chi connectivity index (χ2n) is 8.24. The summed E-state index contributed by atoms with van der Waals surface area (Å²) in [7, 11) is 0. The molecule has 0 radical (unpaired) electrons. The van der Waals surface area contributed by atoms with Crippen LogP contribution in [0.4, 0.5) is 4.39 Å². The molecule has 0 atom stereocenters. The zero-order valence-electron chi connectivity index (χ0n) is 18.7. The standard InChI is InChI=1S/C28H32FNO/c1-4-5-7-12-24-26(18-13-21-10-8-6-9-11-21)30-28(20(2)3)25(19-31)27(24)22-14-16-23(29)17-15-22/h6,8-11,13-18,20,31H,4-5,7,12,19H2,1-3H3. The summed E-state index contributed by atoms with van der Waals surface area (Å²) in [6, 6.07) is 16.8. The van der Waals surface area contributed by atoms with E-state index in [1.807, 2.05) is 30.3 Å². The molecule has 1 heterocycles. The van der Waals surface area contributed by atoms with E-state index in [4.69, 9.17) is 4.98 Å². The lowest BCUT2D eigenvalue weighted by Crippen LogP contribution is -2.09. The summed E-state index contributed by atoms with van der Waals surface area (Å²) in [5, 5.41) is 10.3. The van der Waals surface area contributed by atoms with Crippen molar-refractivity contribution in [2.75, 3.05) is 0 Å². The molecular weight excluding hydrogens is 385 g/mol. The van der Waals surface area contributed by atoms with Crippen LogP contribution in [0, 0.1) is 5.82 Å². The zero-order valence-corrected chi connectivity index (χ0v) is 18.7. The van der Waals surface area contributed by atoms with E-state index < -0.39 is 0 Å². The van der Waals surface area contributed by atoms with Crippen molar-refractivity contribution in [3.63, 3.8) is 0 Å². The second kappa shape index (κ2) is 11.0. The lowest BCUT2D eigenvalue weighted by molar-refractivity contribution is 0.280. The van der Waals surface area contributed by atoms with E-state index in [1.54, 1.807) is 0 Å². The molecule has 1 N–H and O–H groups in total. The van der Waals surface area contributed by atoms with Gasteiger partial charge >= 0.3 is 0 Å². The highest BCUT2D eigenvalue weighted by molar-refractivity contribution is 5.79. The number of unbranched alkanes of at least 4 members (excludes halogenated alkanes) is 2. The molecule has 0 spiro atoms. The Bertz CT molecular complexity index is 1010. The van der Waals surface area contributed by atoms with Gasteiger partial charge in [0.15, 0.2) is 0 Å². The summed E-state index contributed by atoms with van der Waals surface area (Å²) in [6.45, 7) is 6.29. The predicted octanol–water partition coefficient (Wildman–Crippen LogP) is 7.41. The lowest BCUT2D eigenvalue weighted by atomic mass is 9.87. The maximum Gasteiger partial charge on any atom is 0.123 e. The van der Waals surface area contributed by atoms with Crippen LogP contribution in [0.1, 0.15) is 74.0 Å². The van der Waals surface area contributed by atoms with Crippen LogP contribution in [0.3, 0.4) is 0 Å². The maximum atomic E-state index is 13.7. The van der Waals surface area contributed by atoms with E-state index in [1.165, 1.54) is 12.1 Å². The van der Waals surface area contributed by atoms with Crippen molar-refractivity contribution < 1.29 is 9.50 Å². The third-order valence-corrected chi connectivity index (χ3v) is 5.56. The van der Waals surface area contributed by atoms with Crippen molar-refractivity contribution in [1.82, 2.24) is 4.98 Å². The van der Waals surface area contributed by atoms with E-state index in [2.05, 4.69) is 45.1 Å². The van der Waals surface area contributed by atoms with Gasteiger partial charge in [0.1, 0.15) is 5.82 Å². The van der Waals surface area contributed by atoms with Gasteiger partial charge in [0.05, 0.1) is 12.3 Å². The Hall–Kier alpha value is -2.78. The molecule has 3 aromatic rings. The minimum Gasteiger partial charge on any atom is -0.392 e. The number of aliphatic hydroxyl groups excluding tert-OH is 1. The van der Waals surface area contributed by atoms with Gasteiger partial charge in [-0.05, 0) is 59.2 Å². The molecule has 1 aromatic heterocycles. The number of aromatic nitrogens is 1. The number of pyridine rings is 1. The monoisotopic (exact) mass is 417 g/mol. The molecule has 0 amide bonds. The molecule has 2 nitrogen and oxygen atoms in total. The number of nitrogens with zero attached hydrogens (tertiary/aromatic N) is 1. The quantitative estimate of drug-likeness (QED) is 0.368. The van der Waals surface area contributed by atoms with Crippen molar-refractivity contribution in [1.29, 1.82) is 0 Å². The van der Waals surface area contributed by atoms with Crippen molar-refractivity contribution in [3.8, 4) is 11.1 Å². The molecule has 0 unspecified atom stereocenters. The Morgan fingerprint density at radius 2 is 1.65 bits per heavy atom. The lowest BCUT2D eigenvalue weighted by Gasteiger charge is -2.22. The first-order valence-corrected chi connectivity index (χ1v) is 11.2. The molecule has 0 aliphatic heterocycles. The van der Waals surface area contributed by atoms with Gasteiger partial charge in [-0.25, -0.2) is 4.39 Å². The number of hydrogen-bond donors (Lipinski definition) is 1. The van der Waals surface area contributed by atoms with Gasteiger partial charge in [0.25, 0.3) is 0 Å². The molecule has 31 heavy (non-hydrogen) atoms. The number of aliphatic hydroxyl groups is 1. The van der Waals surface area contributed by atoms with Crippen molar-refractivity contribution in [2.24, 2.45) is 0 Å². The molecular formula is C28H32FNO. The second-order valence-corrected chi connectivity index (χ2v) is 8.24. The third kappa shape index (κ3) is 5.68. The van der Waals surface area contributed by atoms with Crippen LogP contribution >= 0.6 is 0 Å². The van der Waals surface area contributed by atoms with Crippen LogP contribution in [0.25, 0.3) is 23.3 Å². The third-order valence-electron chi connectivity index (χ3n) is 5.56. The van der Waals surface area contributed by atoms with Crippen molar-refractivity contribution in [2.45, 2.75) is 59.0 Å². The summed E-state index contributed by atoms with van der Waals surface area (Å²) in [5.74, 6) is -0.0981. The van der Waals surface area contributed by atoms with E-state index in [0.29, 0.717) is 0 Å². The first-order chi connectivity index (χ1) is 15.0. The Balaban J connectivity index is 2.24. The normalized spacial score (nSPS) is 11.5. The summed E-state index contributed by atoms with van der Waals surface area (Å²) in [6.07, 6.45) is 8.34.